The molecule has 0 heterocycles. The Kier molecular flexibility index (Phi) is 13.8. The van der Waals surface area contributed by atoms with Crippen molar-refractivity contribution in [3.8, 4) is 0 Å². The summed E-state index contributed by atoms with van der Waals surface area (Å²) in [6, 6.07) is 0. The Bertz CT molecular complexity index is 526. The Hall–Kier alpha value is -1.66. The molecule has 0 radical (unpaired) electrons. The molecule has 6 heteroatoms. The molecule has 0 aromatic rings. The molecule has 29 heavy (non-hydrogen) atoms. The average Bonchev–Trinajstić information content (AvgIpc) is 2.52. The molecular weight excluding hydrogens is 368 g/mol. The summed E-state index contributed by atoms with van der Waals surface area (Å²) in [7, 11) is 4.01. The fourth-order valence-electron chi connectivity index (χ4n) is 3.11. The van der Waals surface area contributed by atoms with Crippen LogP contribution in [0.1, 0.15) is 73.6 Å². The van der Waals surface area contributed by atoms with Crippen LogP contribution in [0.3, 0.4) is 0 Å². The van der Waals surface area contributed by atoms with Crippen molar-refractivity contribution in [1.29, 1.82) is 0 Å². The van der Waals surface area contributed by atoms with Gasteiger partial charge in [0.2, 0.25) is 0 Å². The molecule has 0 fully saturated rings. The normalized spacial score (nSPS) is 11.8. The van der Waals surface area contributed by atoms with Gasteiger partial charge in [0.25, 0.3) is 0 Å². The SMILES string of the molecule is C=C(CCCCN(C)C)C(=O)O.C=C(CCCN(C(C)(C)C)C(C)(C)C)C(=O)O. The Morgan fingerprint density at radius 3 is 1.41 bits per heavy atom. The fraction of sp³-hybridized carbons (Fsp3) is 0.739. The molecule has 0 aliphatic carbocycles. The Balaban J connectivity index is 0. The van der Waals surface area contributed by atoms with Crippen LogP contribution in [0.25, 0.3) is 0 Å². The minimum Gasteiger partial charge on any atom is -0.478 e. The predicted octanol–water partition coefficient (Wildman–Crippen LogP) is 4.67. The van der Waals surface area contributed by atoms with Gasteiger partial charge in [-0.05, 0) is 101 Å². The van der Waals surface area contributed by atoms with Crippen LogP contribution in [0.2, 0.25) is 0 Å². The number of carboxylic acid groups (broad SMARTS) is 2. The van der Waals surface area contributed by atoms with Crippen molar-refractivity contribution in [2.45, 2.75) is 84.7 Å². The van der Waals surface area contributed by atoms with Crippen LogP contribution < -0.4 is 0 Å². The molecule has 0 amide bonds. The van der Waals surface area contributed by atoms with Crippen LogP contribution in [0.4, 0.5) is 0 Å². The molecule has 0 bridgehead atoms. The van der Waals surface area contributed by atoms with Crippen molar-refractivity contribution in [3.05, 3.63) is 24.3 Å². The molecule has 0 saturated heterocycles. The number of rotatable bonds is 11. The molecular formula is C23H44N2O4. The molecule has 0 saturated carbocycles. The van der Waals surface area contributed by atoms with Gasteiger partial charge in [-0.15, -0.1) is 0 Å². The molecule has 0 aliphatic heterocycles. The van der Waals surface area contributed by atoms with Crippen LogP contribution in [-0.4, -0.2) is 70.2 Å². The van der Waals surface area contributed by atoms with Crippen molar-refractivity contribution in [2.24, 2.45) is 0 Å². The molecule has 0 aromatic carbocycles. The van der Waals surface area contributed by atoms with Crippen LogP contribution in [0.15, 0.2) is 24.3 Å². The van der Waals surface area contributed by atoms with E-state index in [1.165, 1.54) is 0 Å². The van der Waals surface area contributed by atoms with Crippen molar-refractivity contribution in [3.63, 3.8) is 0 Å². The van der Waals surface area contributed by atoms with Crippen molar-refractivity contribution >= 4 is 11.9 Å². The zero-order valence-corrected chi connectivity index (χ0v) is 20.0. The first-order valence-corrected chi connectivity index (χ1v) is 10.2. The van der Waals surface area contributed by atoms with Gasteiger partial charge in [0.1, 0.15) is 0 Å². The number of nitrogens with zero attached hydrogens (tertiary/aromatic N) is 2. The number of hydrogen-bond donors (Lipinski definition) is 2. The smallest absolute Gasteiger partial charge is 0.330 e. The standard InChI is InChI=1S/C14H27NO2.C9H17NO2/c1-11(12(16)17)9-8-10-15(13(2,3)4)14(5,6)7;1-8(9(11)12)6-4-5-7-10(2)3/h1,8-10H2,2-7H3,(H,16,17);1,4-7H2,2-3H3,(H,11,12). The van der Waals surface area contributed by atoms with Crippen LogP contribution >= 0.6 is 0 Å². The lowest BCUT2D eigenvalue weighted by Crippen LogP contribution is -2.52. The first kappa shape index (κ1) is 29.5. The van der Waals surface area contributed by atoms with Crippen LogP contribution in [0.5, 0.6) is 0 Å². The Morgan fingerprint density at radius 2 is 1.10 bits per heavy atom. The summed E-state index contributed by atoms with van der Waals surface area (Å²) in [6.07, 6.45) is 3.92. The van der Waals surface area contributed by atoms with Crippen molar-refractivity contribution < 1.29 is 19.8 Å². The minimum atomic E-state index is -0.886. The highest BCUT2D eigenvalue weighted by Gasteiger charge is 2.30. The van der Waals surface area contributed by atoms with Gasteiger partial charge < -0.3 is 15.1 Å². The second-order valence-corrected chi connectivity index (χ2v) is 9.67. The topological polar surface area (TPSA) is 81.1 Å². The summed E-state index contributed by atoms with van der Waals surface area (Å²) < 4.78 is 0. The van der Waals surface area contributed by atoms with E-state index < -0.39 is 11.9 Å². The van der Waals surface area contributed by atoms with Gasteiger partial charge >= 0.3 is 11.9 Å². The molecule has 170 valence electrons. The minimum absolute atomic E-state index is 0.0861. The fourth-order valence-corrected chi connectivity index (χ4v) is 3.11. The lowest BCUT2D eigenvalue weighted by molar-refractivity contribution is -0.133. The molecule has 0 spiro atoms. The number of carboxylic acids is 2. The van der Waals surface area contributed by atoms with Gasteiger partial charge in [-0.2, -0.15) is 0 Å². The lowest BCUT2D eigenvalue weighted by atomic mass is 9.95. The van der Waals surface area contributed by atoms with Gasteiger partial charge in [-0.25, -0.2) is 9.59 Å². The predicted molar refractivity (Wildman–Crippen MR) is 121 cm³/mol. The third-order valence-electron chi connectivity index (χ3n) is 4.42. The number of carbonyl (C=O) groups is 2. The molecule has 0 rings (SSSR count). The van der Waals surface area contributed by atoms with Crippen molar-refractivity contribution in [2.75, 3.05) is 27.2 Å². The van der Waals surface area contributed by atoms with E-state index in [1.807, 2.05) is 14.1 Å². The first-order valence-electron chi connectivity index (χ1n) is 10.2. The van der Waals surface area contributed by atoms with Gasteiger partial charge in [0.15, 0.2) is 0 Å². The maximum Gasteiger partial charge on any atom is 0.330 e. The van der Waals surface area contributed by atoms with E-state index in [4.69, 9.17) is 10.2 Å². The molecule has 2 N–H and O–H groups in total. The summed E-state index contributed by atoms with van der Waals surface area (Å²) in [4.78, 5) is 25.5. The second-order valence-electron chi connectivity index (χ2n) is 9.67. The monoisotopic (exact) mass is 412 g/mol. The highest BCUT2D eigenvalue weighted by Crippen LogP contribution is 2.25. The van der Waals surface area contributed by atoms with E-state index in [0.717, 1.165) is 32.4 Å². The summed E-state index contributed by atoms with van der Waals surface area (Å²) in [5, 5.41) is 17.2. The van der Waals surface area contributed by atoms with E-state index in [9.17, 15) is 9.59 Å². The molecule has 0 unspecified atom stereocenters. The molecule has 0 atom stereocenters. The zero-order valence-electron chi connectivity index (χ0n) is 20.0. The van der Waals surface area contributed by atoms with E-state index in [0.29, 0.717) is 24.0 Å². The molecule has 6 nitrogen and oxygen atoms in total. The van der Waals surface area contributed by atoms with E-state index in [1.54, 1.807) is 0 Å². The van der Waals surface area contributed by atoms with Gasteiger partial charge in [0, 0.05) is 22.2 Å². The highest BCUT2D eigenvalue weighted by molar-refractivity contribution is 5.85. The third kappa shape index (κ3) is 15.9. The highest BCUT2D eigenvalue weighted by atomic mass is 16.4. The van der Waals surface area contributed by atoms with Gasteiger partial charge in [0.05, 0.1) is 0 Å². The largest absolute Gasteiger partial charge is 0.478 e. The number of aliphatic carboxylic acids is 2. The quantitative estimate of drug-likeness (QED) is 0.379. The summed E-state index contributed by atoms with van der Waals surface area (Å²) in [5.41, 5.74) is 0.785. The Morgan fingerprint density at radius 1 is 0.724 bits per heavy atom. The summed E-state index contributed by atoms with van der Waals surface area (Å²) in [5.74, 6) is -1.76. The third-order valence-corrected chi connectivity index (χ3v) is 4.42. The molecule has 0 aliphatic rings. The second kappa shape index (κ2) is 13.5. The maximum atomic E-state index is 10.7. The lowest BCUT2D eigenvalue weighted by Gasteiger charge is -2.45. The van der Waals surface area contributed by atoms with E-state index in [-0.39, 0.29) is 11.1 Å². The zero-order chi connectivity index (χ0) is 23.4. The first-order chi connectivity index (χ1) is 13.0. The van der Waals surface area contributed by atoms with Crippen molar-refractivity contribution in [1.82, 2.24) is 9.80 Å². The number of unbranched alkanes of at least 4 members (excludes halogenated alkanes) is 1. The van der Waals surface area contributed by atoms with Crippen LogP contribution in [0, 0.1) is 0 Å². The van der Waals surface area contributed by atoms with Crippen LogP contribution in [-0.2, 0) is 9.59 Å². The van der Waals surface area contributed by atoms with Gasteiger partial charge in [-0.1, -0.05) is 13.2 Å². The summed E-state index contributed by atoms with van der Waals surface area (Å²) >= 11 is 0. The van der Waals surface area contributed by atoms with E-state index in [2.05, 4.69) is 64.5 Å². The van der Waals surface area contributed by atoms with E-state index >= 15 is 0 Å². The Labute approximate surface area is 178 Å². The summed E-state index contributed by atoms with van der Waals surface area (Å²) in [6.45, 7) is 22.0. The number of hydrogen-bond acceptors (Lipinski definition) is 4. The van der Waals surface area contributed by atoms with Gasteiger partial charge in [-0.3, -0.25) is 4.90 Å². The average molecular weight is 413 g/mol. The molecule has 0 aromatic heterocycles. The maximum absolute atomic E-state index is 10.7.